The van der Waals surface area contributed by atoms with E-state index < -0.39 is 5.91 Å². The van der Waals surface area contributed by atoms with E-state index in [0.717, 1.165) is 11.8 Å². The van der Waals surface area contributed by atoms with Gasteiger partial charge in [-0.05, 0) is 30.7 Å². The summed E-state index contributed by atoms with van der Waals surface area (Å²) in [7, 11) is 1.51. The second-order valence-corrected chi connectivity index (χ2v) is 5.26. The molecule has 5 nitrogen and oxygen atoms in total. The normalized spacial score (nSPS) is 10.6. The number of rotatable bonds is 6. The van der Waals surface area contributed by atoms with Crippen molar-refractivity contribution in [3.8, 4) is 5.75 Å². The highest BCUT2D eigenvalue weighted by atomic mass is 35.5. The number of nitrogens with one attached hydrogen (secondary N) is 1. The number of hydrogen-bond donors (Lipinski definition) is 1. The smallest absolute Gasteiger partial charge is 0.270 e. The summed E-state index contributed by atoms with van der Waals surface area (Å²) < 4.78 is 5.15. The van der Waals surface area contributed by atoms with Gasteiger partial charge < -0.3 is 14.9 Å². The highest BCUT2D eigenvalue weighted by Gasteiger charge is 2.06. The van der Waals surface area contributed by atoms with Gasteiger partial charge in [0.15, 0.2) is 0 Å². The Hall–Kier alpha value is -2.53. The maximum Gasteiger partial charge on any atom is 0.270 e. The van der Waals surface area contributed by atoms with Gasteiger partial charge in [-0.2, -0.15) is 0 Å². The summed E-state index contributed by atoms with van der Waals surface area (Å²) in [5.41, 5.74) is 2.62. The molecule has 2 aromatic carbocycles. The molecular weight excluding hydrogens is 316 g/mol. The molecule has 0 heterocycles. The fraction of sp³-hybridized carbons (Fsp3) is 0.176. The van der Waals surface area contributed by atoms with Gasteiger partial charge in [-0.25, -0.2) is 0 Å². The van der Waals surface area contributed by atoms with Crippen LogP contribution in [0.5, 0.6) is 5.75 Å². The third-order valence-electron chi connectivity index (χ3n) is 3.02. The standard InChI is InChI=1S/C17H17ClN2O3/c1-12-3-5-13(6-4-12)11-23-19-10-17(21)20-15-9-14(18)7-8-16(15)22-2/h3-10H,11H2,1-2H3,(H,20,21)/b19-10-. The summed E-state index contributed by atoms with van der Waals surface area (Å²) >= 11 is 5.90. The first-order valence-electron chi connectivity index (χ1n) is 6.94. The molecule has 0 bridgehead atoms. The summed E-state index contributed by atoms with van der Waals surface area (Å²) in [6, 6.07) is 12.8. The molecule has 2 aromatic rings. The number of ether oxygens (including phenoxy) is 1. The van der Waals surface area contributed by atoms with Gasteiger partial charge >= 0.3 is 0 Å². The van der Waals surface area contributed by atoms with Crippen molar-refractivity contribution in [3.63, 3.8) is 0 Å². The second-order valence-electron chi connectivity index (χ2n) is 4.83. The number of carbonyl (C=O) groups excluding carboxylic acids is 1. The van der Waals surface area contributed by atoms with E-state index >= 15 is 0 Å². The largest absolute Gasteiger partial charge is 0.495 e. The molecule has 0 radical (unpaired) electrons. The van der Waals surface area contributed by atoms with Crippen molar-refractivity contribution in [2.45, 2.75) is 13.5 Å². The molecule has 0 atom stereocenters. The molecule has 1 N–H and O–H groups in total. The van der Waals surface area contributed by atoms with Crippen molar-refractivity contribution in [1.29, 1.82) is 0 Å². The predicted octanol–water partition coefficient (Wildman–Crippen LogP) is 3.80. The number of amides is 1. The number of anilines is 1. The lowest BCUT2D eigenvalue weighted by Gasteiger charge is -2.08. The molecule has 0 aliphatic carbocycles. The zero-order chi connectivity index (χ0) is 16.7. The number of hydrogen-bond acceptors (Lipinski definition) is 4. The van der Waals surface area contributed by atoms with Crippen LogP contribution in [-0.2, 0) is 16.2 Å². The van der Waals surface area contributed by atoms with E-state index in [1.165, 1.54) is 12.7 Å². The minimum atomic E-state index is -0.436. The molecule has 1 amide bonds. The Bertz CT molecular complexity index is 699. The molecule has 0 fully saturated rings. The summed E-state index contributed by atoms with van der Waals surface area (Å²) in [6.07, 6.45) is 1.06. The number of halogens is 1. The van der Waals surface area contributed by atoms with Gasteiger partial charge in [0, 0.05) is 5.02 Å². The van der Waals surface area contributed by atoms with Crippen LogP contribution < -0.4 is 10.1 Å². The molecule has 0 aliphatic rings. The molecule has 120 valence electrons. The Labute approximate surface area is 139 Å². The molecule has 6 heteroatoms. The summed E-state index contributed by atoms with van der Waals surface area (Å²) in [5, 5.41) is 6.78. The summed E-state index contributed by atoms with van der Waals surface area (Å²) in [6.45, 7) is 2.31. The molecular formula is C17H17ClN2O3. The van der Waals surface area contributed by atoms with Crippen LogP contribution >= 0.6 is 11.6 Å². The van der Waals surface area contributed by atoms with E-state index in [2.05, 4.69) is 10.5 Å². The third kappa shape index (κ3) is 5.30. The van der Waals surface area contributed by atoms with Gasteiger partial charge in [0.1, 0.15) is 18.6 Å². The van der Waals surface area contributed by atoms with Gasteiger partial charge in [-0.15, -0.1) is 0 Å². The van der Waals surface area contributed by atoms with E-state index in [1.807, 2.05) is 31.2 Å². The van der Waals surface area contributed by atoms with Gasteiger partial charge in [0.25, 0.3) is 5.91 Å². The zero-order valence-corrected chi connectivity index (χ0v) is 13.6. The number of aryl methyl sites for hydroxylation is 1. The van der Waals surface area contributed by atoms with Crippen molar-refractivity contribution in [3.05, 3.63) is 58.6 Å². The quantitative estimate of drug-likeness (QED) is 0.646. The number of carbonyl (C=O) groups is 1. The van der Waals surface area contributed by atoms with Crippen molar-refractivity contribution >= 4 is 29.4 Å². The first kappa shape index (κ1) is 16.8. The monoisotopic (exact) mass is 332 g/mol. The lowest BCUT2D eigenvalue weighted by molar-refractivity contribution is -0.110. The fourth-order valence-corrected chi connectivity index (χ4v) is 2.00. The van der Waals surface area contributed by atoms with Crippen LogP contribution in [0.25, 0.3) is 0 Å². The maximum atomic E-state index is 11.8. The van der Waals surface area contributed by atoms with Crippen LogP contribution in [0.1, 0.15) is 11.1 Å². The van der Waals surface area contributed by atoms with Crippen molar-refractivity contribution < 1.29 is 14.4 Å². The summed E-state index contributed by atoms with van der Waals surface area (Å²) in [5.74, 6) is 0.0752. The van der Waals surface area contributed by atoms with Crippen molar-refractivity contribution in [2.75, 3.05) is 12.4 Å². The molecule has 0 saturated heterocycles. The van der Waals surface area contributed by atoms with Crippen LogP contribution in [0.2, 0.25) is 5.02 Å². The van der Waals surface area contributed by atoms with Crippen LogP contribution in [0.15, 0.2) is 47.6 Å². The van der Waals surface area contributed by atoms with Gasteiger partial charge in [-0.1, -0.05) is 46.6 Å². The minimum Gasteiger partial charge on any atom is -0.495 e. The van der Waals surface area contributed by atoms with Crippen molar-refractivity contribution in [1.82, 2.24) is 0 Å². The molecule has 0 saturated carbocycles. The summed E-state index contributed by atoms with van der Waals surface area (Å²) in [4.78, 5) is 16.9. The zero-order valence-electron chi connectivity index (χ0n) is 12.9. The van der Waals surface area contributed by atoms with Gasteiger partial charge in [-0.3, -0.25) is 4.79 Å². The molecule has 2 rings (SSSR count). The van der Waals surface area contributed by atoms with E-state index in [1.54, 1.807) is 18.2 Å². The molecule has 0 unspecified atom stereocenters. The first-order chi connectivity index (χ1) is 11.1. The Morgan fingerprint density at radius 1 is 1.26 bits per heavy atom. The average Bonchev–Trinajstić information content (AvgIpc) is 2.53. The van der Waals surface area contributed by atoms with E-state index in [9.17, 15) is 4.79 Å². The fourth-order valence-electron chi connectivity index (χ4n) is 1.82. The van der Waals surface area contributed by atoms with Gasteiger partial charge in [0.2, 0.25) is 0 Å². The number of benzene rings is 2. The Balaban J connectivity index is 1.87. The van der Waals surface area contributed by atoms with Crippen LogP contribution in [0.3, 0.4) is 0 Å². The molecule has 0 spiro atoms. The number of methoxy groups -OCH3 is 1. The van der Waals surface area contributed by atoms with Crippen LogP contribution in [-0.4, -0.2) is 19.2 Å². The highest BCUT2D eigenvalue weighted by Crippen LogP contribution is 2.27. The van der Waals surface area contributed by atoms with E-state index in [4.69, 9.17) is 21.2 Å². The number of oxime groups is 1. The minimum absolute atomic E-state index is 0.296. The number of nitrogens with zero attached hydrogens (tertiary/aromatic N) is 1. The average molecular weight is 333 g/mol. The SMILES string of the molecule is COc1ccc(Cl)cc1NC(=O)/C=N\OCc1ccc(C)cc1. The maximum absolute atomic E-state index is 11.8. The Morgan fingerprint density at radius 3 is 2.70 bits per heavy atom. The Kier molecular flexibility index (Phi) is 6.00. The van der Waals surface area contributed by atoms with E-state index in [-0.39, 0.29) is 0 Å². The van der Waals surface area contributed by atoms with E-state index in [0.29, 0.717) is 23.1 Å². The van der Waals surface area contributed by atoms with Crippen molar-refractivity contribution in [2.24, 2.45) is 5.16 Å². The molecule has 23 heavy (non-hydrogen) atoms. The lowest BCUT2D eigenvalue weighted by Crippen LogP contribution is -2.13. The molecule has 0 aliphatic heterocycles. The third-order valence-corrected chi connectivity index (χ3v) is 3.25. The second kappa shape index (κ2) is 8.19. The molecule has 0 aromatic heterocycles. The van der Waals surface area contributed by atoms with Crippen LogP contribution in [0.4, 0.5) is 5.69 Å². The highest BCUT2D eigenvalue weighted by molar-refractivity contribution is 6.33. The lowest BCUT2D eigenvalue weighted by atomic mass is 10.2. The topological polar surface area (TPSA) is 59.9 Å². The van der Waals surface area contributed by atoms with Crippen LogP contribution in [0, 0.1) is 6.92 Å². The first-order valence-corrected chi connectivity index (χ1v) is 7.31. The predicted molar refractivity (Wildman–Crippen MR) is 91.1 cm³/mol. The Morgan fingerprint density at radius 2 is 2.00 bits per heavy atom. The van der Waals surface area contributed by atoms with Gasteiger partial charge in [0.05, 0.1) is 12.8 Å².